The SMILES string of the molecule is CC.Cc1ccc(-c2ccn3c(C)cnc3c2)nn1. The van der Waals surface area contributed by atoms with Crippen molar-refractivity contribution in [1.82, 2.24) is 19.6 Å². The average Bonchev–Trinajstić information content (AvgIpc) is 2.83. The molecule has 0 bridgehead atoms. The van der Waals surface area contributed by atoms with E-state index in [-0.39, 0.29) is 0 Å². The Kier molecular flexibility index (Phi) is 3.90. The molecule has 19 heavy (non-hydrogen) atoms. The van der Waals surface area contributed by atoms with Gasteiger partial charge < -0.3 is 4.40 Å². The van der Waals surface area contributed by atoms with Gasteiger partial charge in [-0.25, -0.2) is 4.98 Å². The van der Waals surface area contributed by atoms with Gasteiger partial charge in [0.15, 0.2) is 0 Å². The first-order valence-electron chi connectivity index (χ1n) is 6.48. The molecule has 3 aromatic heterocycles. The summed E-state index contributed by atoms with van der Waals surface area (Å²) in [6, 6.07) is 7.99. The molecule has 0 atom stereocenters. The monoisotopic (exact) mass is 254 g/mol. The highest BCUT2D eigenvalue weighted by Gasteiger charge is 2.03. The van der Waals surface area contributed by atoms with Gasteiger partial charge in [-0.2, -0.15) is 10.2 Å². The number of aromatic nitrogens is 4. The first-order valence-corrected chi connectivity index (χ1v) is 6.48. The molecule has 98 valence electrons. The zero-order valence-corrected chi connectivity index (χ0v) is 11.8. The Morgan fingerprint density at radius 3 is 2.47 bits per heavy atom. The maximum Gasteiger partial charge on any atom is 0.137 e. The topological polar surface area (TPSA) is 43.1 Å². The van der Waals surface area contributed by atoms with Crippen molar-refractivity contribution in [2.75, 3.05) is 0 Å². The fraction of sp³-hybridized carbons (Fsp3) is 0.267. The summed E-state index contributed by atoms with van der Waals surface area (Å²) in [5, 5.41) is 8.24. The van der Waals surface area contributed by atoms with Crippen LogP contribution in [0.1, 0.15) is 25.2 Å². The summed E-state index contributed by atoms with van der Waals surface area (Å²) in [6.07, 6.45) is 3.87. The highest BCUT2D eigenvalue weighted by Crippen LogP contribution is 2.18. The van der Waals surface area contributed by atoms with Crippen molar-refractivity contribution in [2.45, 2.75) is 27.7 Å². The number of hydrogen-bond donors (Lipinski definition) is 0. The van der Waals surface area contributed by atoms with Crippen molar-refractivity contribution < 1.29 is 0 Å². The molecule has 0 aliphatic rings. The van der Waals surface area contributed by atoms with Crippen LogP contribution in [0.25, 0.3) is 16.9 Å². The van der Waals surface area contributed by atoms with Crippen LogP contribution in [0.4, 0.5) is 0 Å². The molecule has 0 aliphatic heterocycles. The van der Waals surface area contributed by atoms with Gasteiger partial charge in [0, 0.05) is 23.7 Å². The standard InChI is InChI=1S/C13H12N4.C2H6/c1-9-3-4-12(16-15-9)11-5-6-17-10(2)8-14-13(17)7-11;1-2/h3-8H,1-2H3;1-2H3. The third kappa shape index (κ3) is 2.62. The van der Waals surface area contributed by atoms with E-state index in [0.29, 0.717) is 0 Å². The molecule has 0 radical (unpaired) electrons. The largest absolute Gasteiger partial charge is 0.304 e. The molecule has 0 amide bonds. The summed E-state index contributed by atoms with van der Waals surface area (Å²) in [6.45, 7) is 7.96. The molecule has 4 heteroatoms. The molecule has 4 nitrogen and oxygen atoms in total. The molecule has 0 unspecified atom stereocenters. The fourth-order valence-electron chi connectivity index (χ4n) is 1.82. The second-order valence-electron chi connectivity index (χ2n) is 4.10. The van der Waals surface area contributed by atoms with Crippen molar-refractivity contribution in [3.05, 3.63) is 48.0 Å². The number of pyridine rings is 1. The van der Waals surface area contributed by atoms with Gasteiger partial charge >= 0.3 is 0 Å². The molecule has 0 saturated heterocycles. The van der Waals surface area contributed by atoms with Crippen LogP contribution in [0, 0.1) is 13.8 Å². The highest BCUT2D eigenvalue weighted by atomic mass is 15.1. The summed E-state index contributed by atoms with van der Waals surface area (Å²) in [5.41, 5.74) is 4.89. The highest BCUT2D eigenvalue weighted by molar-refractivity contribution is 5.63. The molecular weight excluding hydrogens is 236 g/mol. The fourth-order valence-corrected chi connectivity index (χ4v) is 1.82. The van der Waals surface area contributed by atoms with Crippen molar-refractivity contribution in [3.63, 3.8) is 0 Å². The molecule has 0 fully saturated rings. The Labute approximate surface area is 113 Å². The minimum atomic E-state index is 0.874. The average molecular weight is 254 g/mol. The number of hydrogen-bond acceptors (Lipinski definition) is 3. The predicted octanol–water partition coefficient (Wildman–Crippen LogP) is 3.43. The number of aryl methyl sites for hydroxylation is 2. The Morgan fingerprint density at radius 1 is 1.00 bits per heavy atom. The maximum atomic E-state index is 4.34. The number of rotatable bonds is 1. The lowest BCUT2D eigenvalue weighted by Crippen LogP contribution is -1.92. The zero-order chi connectivity index (χ0) is 13.8. The molecule has 0 spiro atoms. The third-order valence-electron chi connectivity index (χ3n) is 2.79. The lowest BCUT2D eigenvalue weighted by atomic mass is 10.2. The molecule has 3 rings (SSSR count). The molecule has 3 aromatic rings. The first-order chi connectivity index (χ1) is 9.24. The molecule has 3 heterocycles. The summed E-state index contributed by atoms with van der Waals surface area (Å²) < 4.78 is 2.05. The van der Waals surface area contributed by atoms with Crippen LogP contribution in [-0.2, 0) is 0 Å². The lowest BCUT2D eigenvalue weighted by Gasteiger charge is -2.02. The van der Waals surface area contributed by atoms with E-state index < -0.39 is 0 Å². The van der Waals surface area contributed by atoms with Crippen LogP contribution in [0.5, 0.6) is 0 Å². The van der Waals surface area contributed by atoms with Gasteiger partial charge in [-0.05, 0) is 38.1 Å². The number of fused-ring (bicyclic) bond motifs is 1. The van der Waals surface area contributed by atoms with Gasteiger partial charge in [-0.15, -0.1) is 0 Å². The first kappa shape index (κ1) is 13.2. The van der Waals surface area contributed by atoms with Gasteiger partial charge in [0.25, 0.3) is 0 Å². The minimum absolute atomic E-state index is 0.874. The van der Waals surface area contributed by atoms with E-state index in [1.165, 1.54) is 0 Å². The van der Waals surface area contributed by atoms with E-state index >= 15 is 0 Å². The van der Waals surface area contributed by atoms with Crippen LogP contribution in [0.3, 0.4) is 0 Å². The Hall–Kier alpha value is -2.23. The van der Waals surface area contributed by atoms with Gasteiger partial charge in [0.05, 0.1) is 11.4 Å². The quantitative estimate of drug-likeness (QED) is 0.668. The van der Waals surface area contributed by atoms with Crippen LogP contribution < -0.4 is 0 Å². The van der Waals surface area contributed by atoms with E-state index in [9.17, 15) is 0 Å². The van der Waals surface area contributed by atoms with Crippen LogP contribution in [0.2, 0.25) is 0 Å². The van der Waals surface area contributed by atoms with Crippen molar-refractivity contribution in [3.8, 4) is 11.3 Å². The van der Waals surface area contributed by atoms with Gasteiger partial charge in [0.2, 0.25) is 0 Å². The van der Waals surface area contributed by atoms with E-state index in [4.69, 9.17) is 0 Å². The van der Waals surface area contributed by atoms with Gasteiger partial charge in [0.1, 0.15) is 5.65 Å². The van der Waals surface area contributed by atoms with E-state index in [1.54, 1.807) is 0 Å². The summed E-state index contributed by atoms with van der Waals surface area (Å²) in [5.74, 6) is 0. The molecule has 0 aliphatic carbocycles. The summed E-state index contributed by atoms with van der Waals surface area (Å²) >= 11 is 0. The van der Waals surface area contributed by atoms with Crippen LogP contribution in [0.15, 0.2) is 36.7 Å². The molecular formula is C15H18N4. The summed E-state index contributed by atoms with van der Waals surface area (Å²) in [7, 11) is 0. The Bertz CT molecular complexity index is 668. The zero-order valence-electron chi connectivity index (χ0n) is 11.8. The maximum absolute atomic E-state index is 4.34. The summed E-state index contributed by atoms with van der Waals surface area (Å²) in [4.78, 5) is 4.34. The Morgan fingerprint density at radius 2 is 1.79 bits per heavy atom. The van der Waals surface area contributed by atoms with E-state index in [1.807, 2.05) is 68.8 Å². The Balaban J connectivity index is 0.000000637. The lowest BCUT2D eigenvalue weighted by molar-refractivity contribution is 0.986. The van der Waals surface area contributed by atoms with Gasteiger partial charge in [-0.1, -0.05) is 13.8 Å². The third-order valence-corrected chi connectivity index (χ3v) is 2.79. The second kappa shape index (κ2) is 5.61. The minimum Gasteiger partial charge on any atom is -0.304 e. The van der Waals surface area contributed by atoms with Crippen LogP contribution in [-0.4, -0.2) is 19.6 Å². The van der Waals surface area contributed by atoms with Crippen molar-refractivity contribution in [2.24, 2.45) is 0 Å². The smallest absolute Gasteiger partial charge is 0.137 e. The van der Waals surface area contributed by atoms with Crippen LogP contribution >= 0.6 is 0 Å². The predicted molar refractivity (Wildman–Crippen MR) is 77.0 cm³/mol. The molecule has 0 saturated carbocycles. The molecule has 0 N–H and O–H groups in total. The van der Waals surface area contributed by atoms with Gasteiger partial charge in [-0.3, -0.25) is 0 Å². The van der Waals surface area contributed by atoms with Crippen molar-refractivity contribution >= 4 is 5.65 Å². The molecule has 0 aromatic carbocycles. The number of nitrogens with zero attached hydrogens (tertiary/aromatic N) is 4. The number of imidazole rings is 1. The van der Waals surface area contributed by atoms with Crippen molar-refractivity contribution in [1.29, 1.82) is 0 Å². The van der Waals surface area contributed by atoms with E-state index in [0.717, 1.165) is 28.3 Å². The van der Waals surface area contributed by atoms with E-state index in [2.05, 4.69) is 15.2 Å². The second-order valence-corrected chi connectivity index (χ2v) is 4.10. The normalized spacial score (nSPS) is 10.1.